The number of rotatable bonds is 4. The molecule has 3 rings (SSSR count). The molecule has 3 aromatic rings. The van der Waals surface area contributed by atoms with Gasteiger partial charge < -0.3 is 10.6 Å². The predicted octanol–water partition coefficient (Wildman–Crippen LogP) is 4.57. The lowest BCUT2D eigenvalue weighted by atomic mass is 10.1. The van der Waals surface area contributed by atoms with E-state index in [-0.39, 0.29) is 11.6 Å². The molecule has 5 nitrogen and oxygen atoms in total. The molecule has 0 unspecified atom stereocenters. The van der Waals surface area contributed by atoms with Crippen molar-refractivity contribution in [2.24, 2.45) is 0 Å². The van der Waals surface area contributed by atoms with Gasteiger partial charge in [-0.15, -0.1) is 0 Å². The second-order valence-electron chi connectivity index (χ2n) is 6.05. The molecule has 2 N–H and O–H groups in total. The first-order chi connectivity index (χ1) is 12.5. The van der Waals surface area contributed by atoms with Crippen LogP contribution in [-0.4, -0.2) is 10.9 Å². The van der Waals surface area contributed by atoms with E-state index in [1.54, 1.807) is 42.6 Å². The van der Waals surface area contributed by atoms with Crippen LogP contribution in [0.5, 0.6) is 0 Å². The molecule has 2 aromatic carbocycles. The number of anilines is 3. The van der Waals surface area contributed by atoms with E-state index in [1.165, 1.54) is 11.1 Å². The number of carbonyl (C=O) groups excluding carboxylic acids is 1. The largest absolute Gasteiger partial charge is 0.354 e. The molecule has 0 saturated heterocycles. The van der Waals surface area contributed by atoms with Gasteiger partial charge in [-0.2, -0.15) is 5.26 Å². The quantitative estimate of drug-likeness (QED) is 0.728. The Morgan fingerprint density at radius 3 is 2.38 bits per heavy atom. The minimum Gasteiger partial charge on any atom is -0.354 e. The van der Waals surface area contributed by atoms with E-state index in [0.717, 1.165) is 11.4 Å². The van der Waals surface area contributed by atoms with E-state index in [1.807, 2.05) is 26.0 Å². The summed E-state index contributed by atoms with van der Waals surface area (Å²) in [7, 11) is 0. The van der Waals surface area contributed by atoms with Crippen LogP contribution in [0.3, 0.4) is 0 Å². The smallest absolute Gasteiger partial charge is 0.274 e. The Morgan fingerprint density at radius 1 is 1.00 bits per heavy atom. The van der Waals surface area contributed by atoms with Gasteiger partial charge >= 0.3 is 0 Å². The normalized spacial score (nSPS) is 10.0. The molecule has 0 radical (unpaired) electrons. The molecule has 0 aliphatic heterocycles. The molecule has 128 valence electrons. The number of nitrogens with zero attached hydrogens (tertiary/aromatic N) is 2. The van der Waals surface area contributed by atoms with Crippen molar-refractivity contribution >= 4 is 23.0 Å². The molecular formula is C21H18N4O. The minimum atomic E-state index is -0.356. The van der Waals surface area contributed by atoms with Crippen molar-refractivity contribution in [2.75, 3.05) is 10.6 Å². The standard InChI is InChI=1S/C21H18N4O/c1-14-9-15(2)11-18(10-14)24-17-7-8-20(23-13-17)21(26)25-19-6-4-3-5-16(19)12-22/h3-11,13,24H,1-2H3,(H,25,26). The molecule has 0 spiro atoms. The summed E-state index contributed by atoms with van der Waals surface area (Å²) in [6.45, 7) is 4.09. The Morgan fingerprint density at radius 2 is 1.73 bits per heavy atom. The molecule has 1 amide bonds. The van der Waals surface area contributed by atoms with E-state index < -0.39 is 0 Å². The Hall–Kier alpha value is -3.65. The summed E-state index contributed by atoms with van der Waals surface area (Å²) in [5.41, 5.74) is 5.28. The summed E-state index contributed by atoms with van der Waals surface area (Å²) >= 11 is 0. The van der Waals surface area contributed by atoms with Crippen molar-refractivity contribution in [1.82, 2.24) is 4.98 Å². The zero-order valence-corrected chi connectivity index (χ0v) is 14.6. The van der Waals surface area contributed by atoms with Crippen molar-refractivity contribution in [3.05, 3.63) is 83.2 Å². The van der Waals surface area contributed by atoms with Gasteiger partial charge in [0.2, 0.25) is 0 Å². The number of hydrogen-bond acceptors (Lipinski definition) is 4. The van der Waals surface area contributed by atoms with Gasteiger partial charge in [0.25, 0.3) is 5.91 Å². The van der Waals surface area contributed by atoms with Crippen LogP contribution in [0, 0.1) is 25.2 Å². The third kappa shape index (κ3) is 4.05. The maximum atomic E-state index is 12.3. The fourth-order valence-electron chi connectivity index (χ4n) is 2.69. The van der Waals surface area contributed by atoms with Gasteiger partial charge in [0.05, 0.1) is 23.1 Å². The topological polar surface area (TPSA) is 77.8 Å². The lowest BCUT2D eigenvalue weighted by Gasteiger charge is -2.10. The van der Waals surface area contributed by atoms with Gasteiger partial charge in [0.15, 0.2) is 0 Å². The molecule has 0 aliphatic carbocycles. The molecule has 0 bridgehead atoms. The number of aromatic nitrogens is 1. The highest BCUT2D eigenvalue weighted by molar-refractivity contribution is 6.03. The fraction of sp³-hybridized carbons (Fsp3) is 0.0952. The SMILES string of the molecule is Cc1cc(C)cc(Nc2ccc(C(=O)Nc3ccccc3C#N)nc2)c1. The Balaban J connectivity index is 1.73. The van der Waals surface area contributed by atoms with Crippen LogP contribution < -0.4 is 10.6 Å². The second kappa shape index (κ2) is 7.49. The van der Waals surface area contributed by atoms with Crippen LogP contribution in [0.4, 0.5) is 17.1 Å². The van der Waals surface area contributed by atoms with Crippen LogP contribution in [0.1, 0.15) is 27.2 Å². The van der Waals surface area contributed by atoms with E-state index in [2.05, 4.69) is 27.8 Å². The third-order valence-electron chi connectivity index (χ3n) is 3.80. The lowest BCUT2D eigenvalue weighted by molar-refractivity contribution is 0.102. The van der Waals surface area contributed by atoms with Crippen molar-refractivity contribution in [3.63, 3.8) is 0 Å². The van der Waals surface area contributed by atoms with Gasteiger partial charge in [-0.1, -0.05) is 18.2 Å². The highest BCUT2D eigenvalue weighted by atomic mass is 16.1. The molecule has 0 aliphatic rings. The number of hydrogen-bond donors (Lipinski definition) is 2. The average molecular weight is 342 g/mol. The molecule has 1 heterocycles. The zero-order valence-electron chi connectivity index (χ0n) is 14.6. The molecule has 0 saturated carbocycles. The first-order valence-electron chi connectivity index (χ1n) is 8.17. The molecule has 1 aromatic heterocycles. The van der Waals surface area contributed by atoms with E-state index in [0.29, 0.717) is 11.3 Å². The predicted molar refractivity (Wildman–Crippen MR) is 103 cm³/mol. The molecule has 5 heteroatoms. The first kappa shape index (κ1) is 17.2. The Labute approximate surface area is 152 Å². The zero-order chi connectivity index (χ0) is 18.5. The van der Waals surface area contributed by atoms with Crippen LogP contribution in [-0.2, 0) is 0 Å². The Kier molecular flexibility index (Phi) is 4.95. The number of nitrogens with one attached hydrogen (secondary N) is 2. The monoisotopic (exact) mass is 342 g/mol. The van der Waals surface area contributed by atoms with Crippen molar-refractivity contribution in [3.8, 4) is 6.07 Å². The highest BCUT2D eigenvalue weighted by Gasteiger charge is 2.10. The lowest BCUT2D eigenvalue weighted by Crippen LogP contribution is -2.14. The van der Waals surface area contributed by atoms with Gasteiger partial charge in [-0.3, -0.25) is 4.79 Å². The van der Waals surface area contributed by atoms with Crippen molar-refractivity contribution in [1.29, 1.82) is 5.26 Å². The molecule has 0 fully saturated rings. The first-order valence-corrected chi connectivity index (χ1v) is 8.17. The van der Waals surface area contributed by atoms with E-state index >= 15 is 0 Å². The van der Waals surface area contributed by atoms with E-state index in [4.69, 9.17) is 5.26 Å². The summed E-state index contributed by atoms with van der Waals surface area (Å²) in [5.74, 6) is -0.356. The summed E-state index contributed by atoms with van der Waals surface area (Å²) in [5, 5.41) is 15.1. The van der Waals surface area contributed by atoms with Gasteiger partial charge in [-0.05, 0) is 61.4 Å². The Bertz CT molecular complexity index is 967. The number of para-hydroxylation sites is 1. The summed E-state index contributed by atoms with van der Waals surface area (Å²) < 4.78 is 0. The summed E-state index contributed by atoms with van der Waals surface area (Å²) in [6.07, 6.45) is 1.61. The minimum absolute atomic E-state index is 0.281. The van der Waals surface area contributed by atoms with E-state index in [9.17, 15) is 4.79 Å². The maximum absolute atomic E-state index is 12.3. The van der Waals surface area contributed by atoms with Crippen LogP contribution in [0.2, 0.25) is 0 Å². The van der Waals surface area contributed by atoms with Crippen LogP contribution in [0.25, 0.3) is 0 Å². The van der Waals surface area contributed by atoms with Crippen LogP contribution in [0.15, 0.2) is 60.8 Å². The van der Waals surface area contributed by atoms with Gasteiger partial charge in [-0.25, -0.2) is 4.98 Å². The van der Waals surface area contributed by atoms with Crippen molar-refractivity contribution in [2.45, 2.75) is 13.8 Å². The van der Waals surface area contributed by atoms with Gasteiger partial charge in [0, 0.05) is 5.69 Å². The van der Waals surface area contributed by atoms with Crippen molar-refractivity contribution < 1.29 is 4.79 Å². The summed E-state index contributed by atoms with van der Waals surface area (Å²) in [4.78, 5) is 16.6. The number of amides is 1. The highest BCUT2D eigenvalue weighted by Crippen LogP contribution is 2.20. The number of benzene rings is 2. The fourth-order valence-corrected chi connectivity index (χ4v) is 2.69. The summed E-state index contributed by atoms with van der Waals surface area (Å²) in [6, 6.07) is 18.6. The van der Waals surface area contributed by atoms with Crippen LogP contribution >= 0.6 is 0 Å². The average Bonchev–Trinajstić information content (AvgIpc) is 2.62. The number of pyridine rings is 1. The molecular weight excluding hydrogens is 324 g/mol. The number of carbonyl (C=O) groups is 1. The maximum Gasteiger partial charge on any atom is 0.274 e. The molecule has 0 atom stereocenters. The second-order valence-corrected chi connectivity index (χ2v) is 6.05. The third-order valence-corrected chi connectivity index (χ3v) is 3.80. The van der Waals surface area contributed by atoms with Gasteiger partial charge in [0.1, 0.15) is 11.8 Å². The molecule has 26 heavy (non-hydrogen) atoms. The number of aryl methyl sites for hydroxylation is 2. The number of nitriles is 1.